The van der Waals surface area contributed by atoms with Crippen molar-refractivity contribution in [3.05, 3.63) is 48.0 Å². The fourth-order valence-corrected chi connectivity index (χ4v) is 3.77. The van der Waals surface area contributed by atoms with Crippen molar-refractivity contribution in [1.82, 2.24) is 15.5 Å². The van der Waals surface area contributed by atoms with E-state index in [-0.39, 0.29) is 18.5 Å². The number of amides is 4. The van der Waals surface area contributed by atoms with Gasteiger partial charge in [-0.25, -0.2) is 4.79 Å². The van der Waals surface area contributed by atoms with Crippen LogP contribution in [0.4, 0.5) is 4.79 Å². The van der Waals surface area contributed by atoms with Crippen LogP contribution in [0.25, 0.3) is 10.8 Å². The van der Waals surface area contributed by atoms with Gasteiger partial charge in [0.25, 0.3) is 5.91 Å². The summed E-state index contributed by atoms with van der Waals surface area (Å²) >= 11 is 0. The van der Waals surface area contributed by atoms with Gasteiger partial charge in [0.15, 0.2) is 0 Å². The fourth-order valence-electron chi connectivity index (χ4n) is 3.77. The van der Waals surface area contributed by atoms with Crippen molar-refractivity contribution in [3.63, 3.8) is 0 Å². The molecule has 2 N–H and O–H groups in total. The summed E-state index contributed by atoms with van der Waals surface area (Å²) in [7, 11) is 0. The molecule has 1 aliphatic rings. The third-order valence-electron chi connectivity index (χ3n) is 5.55. The first-order valence-electron chi connectivity index (χ1n) is 10.3. The Morgan fingerprint density at radius 1 is 1.14 bits per heavy atom. The number of fused-ring (bicyclic) bond motifs is 1. The number of carbonyl (C=O) groups excluding carboxylic acids is 3. The van der Waals surface area contributed by atoms with Gasteiger partial charge >= 0.3 is 6.03 Å². The second-order valence-corrected chi connectivity index (χ2v) is 7.97. The van der Waals surface area contributed by atoms with E-state index < -0.39 is 17.5 Å². The van der Waals surface area contributed by atoms with Gasteiger partial charge in [0.1, 0.15) is 12.1 Å². The van der Waals surface area contributed by atoms with Gasteiger partial charge < -0.3 is 10.6 Å². The maximum atomic E-state index is 13.1. The van der Waals surface area contributed by atoms with Crippen LogP contribution in [0.2, 0.25) is 0 Å². The number of unbranched alkanes of at least 4 members (excludes halogenated alkanes) is 2. The molecule has 154 valence electrons. The Labute approximate surface area is 171 Å². The second kappa shape index (κ2) is 8.64. The van der Waals surface area contributed by atoms with Gasteiger partial charge in [-0.05, 0) is 42.7 Å². The van der Waals surface area contributed by atoms with E-state index in [0.29, 0.717) is 5.56 Å². The average molecular weight is 396 g/mol. The minimum absolute atomic E-state index is 0.0155. The van der Waals surface area contributed by atoms with Crippen LogP contribution in [0.15, 0.2) is 42.5 Å². The first-order valence-corrected chi connectivity index (χ1v) is 10.3. The maximum absolute atomic E-state index is 13.1. The van der Waals surface area contributed by atoms with Crippen LogP contribution in [-0.4, -0.2) is 35.3 Å². The topological polar surface area (TPSA) is 78.5 Å². The molecule has 29 heavy (non-hydrogen) atoms. The van der Waals surface area contributed by atoms with Crippen LogP contribution in [0.1, 0.15) is 52.0 Å². The number of imide groups is 1. The third-order valence-corrected chi connectivity index (χ3v) is 5.55. The van der Waals surface area contributed by atoms with Crippen LogP contribution in [0, 0.1) is 0 Å². The van der Waals surface area contributed by atoms with E-state index >= 15 is 0 Å². The van der Waals surface area contributed by atoms with Crippen molar-refractivity contribution in [2.75, 3.05) is 6.54 Å². The second-order valence-electron chi connectivity index (χ2n) is 7.97. The highest BCUT2D eigenvalue weighted by Gasteiger charge is 2.49. The van der Waals surface area contributed by atoms with E-state index in [9.17, 15) is 14.4 Å². The van der Waals surface area contributed by atoms with Crippen LogP contribution in [0.5, 0.6) is 0 Å². The Balaban J connectivity index is 1.70. The fraction of sp³-hybridized carbons (Fsp3) is 0.435. The number of rotatable bonds is 8. The summed E-state index contributed by atoms with van der Waals surface area (Å²) in [6.45, 7) is 5.49. The Morgan fingerprint density at radius 3 is 2.59 bits per heavy atom. The van der Waals surface area contributed by atoms with E-state index in [1.165, 1.54) is 0 Å². The molecule has 0 aromatic heterocycles. The first kappa shape index (κ1) is 20.8. The molecule has 6 heteroatoms. The molecule has 2 aromatic carbocycles. The van der Waals surface area contributed by atoms with E-state index in [4.69, 9.17) is 0 Å². The number of benzene rings is 2. The Morgan fingerprint density at radius 2 is 1.86 bits per heavy atom. The monoisotopic (exact) mass is 395 g/mol. The number of hydrogen-bond donors (Lipinski definition) is 2. The minimum atomic E-state index is -1.19. The van der Waals surface area contributed by atoms with Crippen molar-refractivity contribution in [1.29, 1.82) is 0 Å². The van der Waals surface area contributed by atoms with Crippen molar-refractivity contribution >= 4 is 28.6 Å². The molecule has 0 aliphatic carbocycles. The molecule has 6 nitrogen and oxygen atoms in total. The normalized spacial score (nSPS) is 20.0. The highest BCUT2D eigenvalue weighted by Crippen LogP contribution is 2.30. The summed E-state index contributed by atoms with van der Waals surface area (Å²) in [5.74, 6) is -0.730. The predicted molar refractivity (Wildman–Crippen MR) is 113 cm³/mol. The zero-order valence-corrected chi connectivity index (χ0v) is 17.3. The summed E-state index contributed by atoms with van der Waals surface area (Å²) < 4.78 is 0. The summed E-state index contributed by atoms with van der Waals surface area (Å²) in [4.78, 5) is 38.9. The van der Waals surface area contributed by atoms with Gasteiger partial charge in [-0.3, -0.25) is 14.5 Å². The Bertz CT molecular complexity index is 926. The molecule has 1 aliphatic heterocycles. The van der Waals surface area contributed by atoms with E-state index in [1.807, 2.05) is 49.4 Å². The molecular weight excluding hydrogens is 366 g/mol. The molecule has 1 fully saturated rings. The zero-order valence-electron chi connectivity index (χ0n) is 17.3. The van der Waals surface area contributed by atoms with Crippen molar-refractivity contribution in [3.8, 4) is 0 Å². The van der Waals surface area contributed by atoms with Gasteiger partial charge in [0.05, 0.1) is 0 Å². The lowest BCUT2D eigenvalue weighted by Crippen LogP contribution is -2.45. The largest absolute Gasteiger partial charge is 0.352 e. The summed E-state index contributed by atoms with van der Waals surface area (Å²) in [6.07, 6.45) is 4.17. The third kappa shape index (κ3) is 4.42. The molecule has 1 heterocycles. The lowest BCUT2D eigenvalue weighted by Gasteiger charge is -2.23. The van der Waals surface area contributed by atoms with Crippen LogP contribution < -0.4 is 10.6 Å². The highest BCUT2D eigenvalue weighted by atomic mass is 16.2. The maximum Gasteiger partial charge on any atom is 0.325 e. The molecule has 0 bridgehead atoms. The van der Waals surface area contributed by atoms with E-state index in [0.717, 1.165) is 41.4 Å². The molecule has 2 aromatic rings. The highest BCUT2D eigenvalue weighted by molar-refractivity contribution is 6.09. The average Bonchev–Trinajstić information content (AvgIpc) is 2.91. The smallest absolute Gasteiger partial charge is 0.325 e. The Hall–Kier alpha value is -2.89. The summed E-state index contributed by atoms with van der Waals surface area (Å²) in [6, 6.07) is 13.0. The number of nitrogens with zero attached hydrogens (tertiary/aromatic N) is 1. The minimum Gasteiger partial charge on any atom is -0.352 e. The van der Waals surface area contributed by atoms with Crippen LogP contribution >= 0.6 is 0 Å². The van der Waals surface area contributed by atoms with Crippen molar-refractivity contribution in [2.45, 2.75) is 58.0 Å². The van der Waals surface area contributed by atoms with Gasteiger partial charge in [0.2, 0.25) is 5.91 Å². The number of carbonyl (C=O) groups is 3. The number of hydrogen-bond acceptors (Lipinski definition) is 3. The molecule has 2 atom stereocenters. The van der Waals surface area contributed by atoms with Gasteiger partial charge in [0, 0.05) is 6.04 Å². The summed E-state index contributed by atoms with van der Waals surface area (Å²) in [5, 5.41) is 7.71. The Kier molecular flexibility index (Phi) is 6.20. The lowest BCUT2D eigenvalue weighted by atomic mass is 9.90. The van der Waals surface area contributed by atoms with Gasteiger partial charge in [-0.15, -0.1) is 0 Å². The molecule has 0 radical (unpaired) electrons. The summed E-state index contributed by atoms with van der Waals surface area (Å²) in [5.41, 5.74) is -0.487. The van der Waals surface area contributed by atoms with Crippen molar-refractivity contribution in [2.24, 2.45) is 0 Å². The molecular formula is C23H29N3O3. The molecule has 0 saturated carbocycles. The molecule has 3 rings (SSSR count). The number of urea groups is 1. The van der Waals surface area contributed by atoms with Crippen LogP contribution in [0.3, 0.4) is 0 Å². The molecule has 4 amide bonds. The quantitative estimate of drug-likeness (QED) is 0.528. The zero-order chi connectivity index (χ0) is 21.0. The number of nitrogens with one attached hydrogen (secondary N) is 2. The van der Waals surface area contributed by atoms with Crippen molar-refractivity contribution < 1.29 is 14.4 Å². The van der Waals surface area contributed by atoms with Gasteiger partial charge in [-0.1, -0.05) is 62.6 Å². The standard InChI is InChI=1S/C23H29N3O3/c1-4-5-6-9-16(2)24-20(27)15-26-21(28)23(3,25-22(26)29)19-13-12-17-10-7-8-11-18(17)14-19/h7-8,10-14,16H,4-6,9,15H2,1-3H3,(H,24,27)(H,25,29)/t16-,23+/m1/s1. The van der Waals surface area contributed by atoms with E-state index in [2.05, 4.69) is 17.6 Å². The predicted octanol–water partition coefficient (Wildman–Crippen LogP) is 3.69. The van der Waals surface area contributed by atoms with Gasteiger partial charge in [-0.2, -0.15) is 0 Å². The SMILES string of the molecule is CCCCC[C@@H](C)NC(=O)CN1C(=O)N[C@@](C)(c2ccc3ccccc3c2)C1=O. The first-order chi connectivity index (χ1) is 13.8. The lowest BCUT2D eigenvalue weighted by molar-refractivity contribution is -0.135. The van der Waals surface area contributed by atoms with E-state index in [1.54, 1.807) is 6.92 Å². The molecule has 0 spiro atoms. The molecule has 0 unspecified atom stereocenters. The molecule has 1 saturated heterocycles. The van der Waals surface area contributed by atoms with Crippen LogP contribution in [-0.2, 0) is 15.1 Å².